The van der Waals surface area contributed by atoms with Gasteiger partial charge in [-0.05, 0) is 6.07 Å². The summed E-state index contributed by atoms with van der Waals surface area (Å²) in [7, 11) is 1.54. The molecule has 1 aromatic heterocycles. The Hall–Kier alpha value is -2.48. The summed E-state index contributed by atoms with van der Waals surface area (Å²) in [5, 5.41) is 16.3. The van der Waals surface area contributed by atoms with Crippen LogP contribution < -0.4 is 10.6 Å². The molecule has 7 nitrogen and oxygen atoms in total. The molecule has 2 N–H and O–H groups in total. The topological polar surface area (TPSA) is 97.2 Å². The molecule has 0 unspecified atom stereocenters. The standard InChI is InChI=1S/C12H12N4O3S/c1-13-11-9(3-2-4-10(11)16(18)19)12(17)15-6-8-5-14-7-20-8/h2-5,7,13H,6H2,1H3,(H,15,17). The highest BCUT2D eigenvalue weighted by atomic mass is 32.1. The smallest absolute Gasteiger partial charge is 0.293 e. The van der Waals surface area contributed by atoms with E-state index < -0.39 is 4.92 Å². The van der Waals surface area contributed by atoms with Gasteiger partial charge in [-0.3, -0.25) is 19.9 Å². The lowest BCUT2D eigenvalue weighted by Gasteiger charge is -2.09. The summed E-state index contributed by atoms with van der Waals surface area (Å²) < 4.78 is 0. The average molecular weight is 292 g/mol. The summed E-state index contributed by atoms with van der Waals surface area (Å²) in [5.74, 6) is -0.369. The molecule has 0 aliphatic rings. The van der Waals surface area contributed by atoms with Gasteiger partial charge in [0.05, 0.1) is 22.5 Å². The minimum absolute atomic E-state index is 0.127. The van der Waals surface area contributed by atoms with Crippen LogP contribution in [-0.4, -0.2) is 22.9 Å². The Morgan fingerprint density at radius 3 is 2.90 bits per heavy atom. The third kappa shape index (κ3) is 2.91. The lowest BCUT2D eigenvalue weighted by Crippen LogP contribution is -2.23. The van der Waals surface area contributed by atoms with Crippen LogP contribution in [0.1, 0.15) is 15.2 Å². The van der Waals surface area contributed by atoms with Gasteiger partial charge in [0.25, 0.3) is 11.6 Å². The maximum absolute atomic E-state index is 12.1. The molecule has 1 amide bonds. The molecule has 0 radical (unpaired) electrons. The summed E-state index contributed by atoms with van der Waals surface area (Å²) in [6, 6.07) is 4.38. The Balaban J connectivity index is 2.21. The summed E-state index contributed by atoms with van der Waals surface area (Å²) in [4.78, 5) is 27.3. The zero-order valence-corrected chi connectivity index (χ0v) is 11.4. The van der Waals surface area contributed by atoms with Gasteiger partial charge in [0.2, 0.25) is 0 Å². The van der Waals surface area contributed by atoms with Crippen molar-refractivity contribution >= 4 is 28.6 Å². The number of hydrogen-bond donors (Lipinski definition) is 2. The van der Waals surface area contributed by atoms with E-state index in [4.69, 9.17) is 0 Å². The summed E-state index contributed by atoms with van der Waals surface area (Å²) in [5.41, 5.74) is 2.00. The monoisotopic (exact) mass is 292 g/mol. The van der Waals surface area contributed by atoms with Crippen LogP contribution in [0.3, 0.4) is 0 Å². The van der Waals surface area contributed by atoms with Crippen LogP contribution in [0.5, 0.6) is 0 Å². The minimum atomic E-state index is -0.522. The van der Waals surface area contributed by atoms with Crippen LogP contribution in [0.2, 0.25) is 0 Å². The van der Waals surface area contributed by atoms with E-state index in [1.807, 2.05) is 0 Å². The number of nitro benzene ring substituents is 1. The van der Waals surface area contributed by atoms with Gasteiger partial charge in [0.1, 0.15) is 5.69 Å². The van der Waals surface area contributed by atoms with Crippen molar-refractivity contribution in [2.45, 2.75) is 6.54 Å². The van der Waals surface area contributed by atoms with Crippen LogP contribution in [-0.2, 0) is 6.54 Å². The maximum Gasteiger partial charge on any atom is 0.293 e. The van der Waals surface area contributed by atoms with Crippen LogP contribution >= 0.6 is 11.3 Å². The van der Waals surface area contributed by atoms with Gasteiger partial charge < -0.3 is 10.6 Å². The summed E-state index contributed by atoms with van der Waals surface area (Å²) in [6.45, 7) is 0.343. The number of anilines is 1. The number of para-hydroxylation sites is 1. The van der Waals surface area contributed by atoms with Crippen LogP contribution in [0, 0.1) is 10.1 Å². The van der Waals surface area contributed by atoms with Gasteiger partial charge in [-0.2, -0.15) is 0 Å². The predicted octanol–water partition coefficient (Wildman–Crippen LogP) is 2.02. The summed E-state index contributed by atoms with van der Waals surface area (Å²) in [6.07, 6.45) is 1.66. The molecule has 0 bridgehead atoms. The normalized spacial score (nSPS) is 10.1. The van der Waals surface area contributed by atoms with Gasteiger partial charge in [-0.15, -0.1) is 11.3 Å². The first-order valence-corrected chi connectivity index (χ1v) is 6.62. The number of nitrogens with zero attached hydrogens (tertiary/aromatic N) is 2. The van der Waals surface area contributed by atoms with Gasteiger partial charge >= 0.3 is 0 Å². The van der Waals surface area contributed by atoms with Crippen molar-refractivity contribution in [1.82, 2.24) is 10.3 Å². The van der Waals surface area contributed by atoms with Crippen LogP contribution in [0.25, 0.3) is 0 Å². The minimum Gasteiger partial charge on any atom is -0.382 e. The predicted molar refractivity (Wildman–Crippen MR) is 75.9 cm³/mol. The first-order chi connectivity index (χ1) is 9.63. The highest BCUT2D eigenvalue weighted by molar-refractivity contribution is 7.09. The molecular weight excluding hydrogens is 280 g/mol. The van der Waals surface area contributed by atoms with Crippen molar-refractivity contribution in [3.8, 4) is 0 Å². The number of benzene rings is 1. The fourth-order valence-electron chi connectivity index (χ4n) is 1.74. The molecular formula is C12H12N4O3S. The molecule has 1 aromatic carbocycles. The number of nitrogens with one attached hydrogen (secondary N) is 2. The Labute approximate surface area is 118 Å². The van der Waals surface area contributed by atoms with Crippen LogP contribution in [0.4, 0.5) is 11.4 Å². The number of carbonyl (C=O) groups is 1. The molecule has 0 saturated carbocycles. The molecule has 2 aromatic rings. The zero-order valence-electron chi connectivity index (χ0n) is 10.6. The largest absolute Gasteiger partial charge is 0.382 e. The fraction of sp³-hybridized carbons (Fsp3) is 0.167. The molecule has 0 saturated heterocycles. The molecule has 2 rings (SSSR count). The fourth-order valence-corrected chi connectivity index (χ4v) is 2.27. The second-order valence-corrected chi connectivity index (χ2v) is 4.83. The maximum atomic E-state index is 12.1. The van der Waals surface area contributed by atoms with Crippen molar-refractivity contribution in [2.24, 2.45) is 0 Å². The number of rotatable bonds is 5. The number of carbonyl (C=O) groups excluding carboxylic acids is 1. The van der Waals surface area contributed by atoms with Crippen molar-refractivity contribution in [2.75, 3.05) is 12.4 Å². The Kier molecular flexibility index (Phi) is 4.26. The number of amides is 1. The van der Waals surface area contributed by atoms with E-state index in [0.717, 1.165) is 4.88 Å². The lowest BCUT2D eigenvalue weighted by molar-refractivity contribution is -0.384. The van der Waals surface area contributed by atoms with Gasteiger partial charge in [0.15, 0.2) is 0 Å². The Morgan fingerprint density at radius 1 is 1.50 bits per heavy atom. The highest BCUT2D eigenvalue weighted by Crippen LogP contribution is 2.27. The van der Waals surface area contributed by atoms with E-state index in [2.05, 4.69) is 15.6 Å². The van der Waals surface area contributed by atoms with E-state index in [9.17, 15) is 14.9 Å². The average Bonchev–Trinajstić information content (AvgIpc) is 2.97. The first kappa shape index (κ1) is 13.9. The quantitative estimate of drug-likeness (QED) is 0.649. The van der Waals surface area contributed by atoms with Gasteiger partial charge in [0, 0.05) is 24.2 Å². The van der Waals surface area contributed by atoms with Gasteiger partial charge in [-0.1, -0.05) is 6.07 Å². The molecule has 0 spiro atoms. The number of aromatic nitrogens is 1. The molecule has 20 heavy (non-hydrogen) atoms. The second kappa shape index (κ2) is 6.11. The number of thiazole rings is 1. The van der Waals surface area contributed by atoms with E-state index in [1.165, 1.54) is 23.5 Å². The zero-order chi connectivity index (χ0) is 14.5. The van der Waals surface area contributed by atoms with E-state index in [1.54, 1.807) is 24.8 Å². The van der Waals surface area contributed by atoms with Gasteiger partial charge in [-0.25, -0.2) is 0 Å². The molecule has 0 aliphatic heterocycles. The van der Waals surface area contributed by atoms with E-state index in [0.29, 0.717) is 6.54 Å². The van der Waals surface area contributed by atoms with E-state index >= 15 is 0 Å². The molecule has 1 heterocycles. The summed E-state index contributed by atoms with van der Waals surface area (Å²) >= 11 is 1.43. The van der Waals surface area contributed by atoms with Crippen molar-refractivity contribution in [3.63, 3.8) is 0 Å². The molecule has 0 atom stereocenters. The Bertz CT molecular complexity index is 628. The van der Waals surface area contributed by atoms with Crippen LogP contribution in [0.15, 0.2) is 29.9 Å². The molecule has 8 heteroatoms. The SMILES string of the molecule is CNc1c(C(=O)NCc2cncs2)cccc1[N+](=O)[O-]. The van der Waals surface area contributed by atoms with Crippen molar-refractivity contribution in [3.05, 3.63) is 50.5 Å². The third-order valence-electron chi connectivity index (χ3n) is 2.64. The number of nitro groups is 1. The second-order valence-electron chi connectivity index (χ2n) is 3.86. The van der Waals surface area contributed by atoms with E-state index in [-0.39, 0.29) is 22.8 Å². The molecule has 104 valence electrons. The van der Waals surface area contributed by atoms with Crippen molar-refractivity contribution < 1.29 is 9.72 Å². The van der Waals surface area contributed by atoms with Crippen molar-refractivity contribution in [1.29, 1.82) is 0 Å². The third-order valence-corrected chi connectivity index (χ3v) is 3.42. The lowest BCUT2D eigenvalue weighted by atomic mass is 10.1. The Morgan fingerprint density at radius 2 is 2.30 bits per heavy atom. The number of hydrogen-bond acceptors (Lipinski definition) is 6. The molecule has 0 aliphatic carbocycles. The highest BCUT2D eigenvalue weighted by Gasteiger charge is 2.20. The first-order valence-electron chi connectivity index (χ1n) is 5.74. The molecule has 0 fully saturated rings.